The summed E-state index contributed by atoms with van der Waals surface area (Å²) in [5, 5.41) is 11.3. The highest BCUT2D eigenvalue weighted by atomic mass is 16.4. The molecule has 5 nitrogen and oxygen atoms in total. The van der Waals surface area contributed by atoms with Crippen LogP contribution >= 0.6 is 0 Å². The van der Waals surface area contributed by atoms with E-state index < -0.39 is 17.8 Å². The highest BCUT2D eigenvalue weighted by molar-refractivity contribution is 5.84. The highest BCUT2D eigenvalue weighted by Gasteiger charge is 2.33. The molecule has 1 fully saturated rings. The molecule has 1 aliphatic heterocycles. The Balaban J connectivity index is 1.48. The normalized spacial score (nSPS) is 24.1. The molecule has 0 radical (unpaired) electrons. The Morgan fingerprint density at radius 2 is 1.65 bits per heavy atom. The molecular weight excluding hydrogens is 328 g/mol. The number of carbonyl (C=O) groups is 2. The summed E-state index contributed by atoms with van der Waals surface area (Å²) < 4.78 is 0. The minimum absolute atomic E-state index is 0.0389. The Kier molecular flexibility index (Phi) is 6.23. The van der Waals surface area contributed by atoms with Gasteiger partial charge in [0, 0.05) is 50.5 Å². The Morgan fingerprint density at radius 1 is 1.00 bits per heavy atom. The fraction of sp³-hybridized carbons (Fsp3) is 0.429. The predicted octanol–water partition coefficient (Wildman–Crippen LogP) is 1.18. The van der Waals surface area contributed by atoms with Gasteiger partial charge in [-0.2, -0.15) is 0 Å². The Hall–Kier alpha value is -2.40. The lowest BCUT2D eigenvalue weighted by Gasteiger charge is -2.38. The minimum atomic E-state index is -1.11. The first-order valence-corrected chi connectivity index (χ1v) is 9.24. The molecule has 0 bridgehead atoms. The maximum absolute atomic E-state index is 12.7. The van der Waals surface area contributed by atoms with E-state index in [1.54, 1.807) is 0 Å². The van der Waals surface area contributed by atoms with Gasteiger partial charge in [0.05, 0.1) is 0 Å². The number of aliphatic carboxylic acids is 1. The summed E-state index contributed by atoms with van der Waals surface area (Å²) >= 11 is 0. The number of rotatable bonds is 5. The van der Waals surface area contributed by atoms with Crippen molar-refractivity contribution in [3.05, 3.63) is 54.1 Å². The second-order valence-electron chi connectivity index (χ2n) is 6.91. The van der Waals surface area contributed by atoms with Crippen LogP contribution in [0.25, 0.3) is 6.08 Å². The van der Waals surface area contributed by atoms with Crippen molar-refractivity contribution in [1.29, 1.82) is 0 Å². The van der Waals surface area contributed by atoms with Gasteiger partial charge in [0.25, 0.3) is 0 Å². The molecule has 5 heteroatoms. The number of nitrogens with zero attached hydrogens (tertiary/aromatic N) is 2. The van der Waals surface area contributed by atoms with Crippen LogP contribution in [-0.2, 0) is 9.59 Å². The average molecular weight is 353 g/mol. The SMILES string of the molecule is O=C([O-])C1CC=CCC1C(=O)N1CCN(C/C=C/c2ccccc2)CC1. The number of hydrogen-bond donors (Lipinski definition) is 0. The summed E-state index contributed by atoms with van der Waals surface area (Å²) in [5.41, 5.74) is 1.18. The van der Waals surface area contributed by atoms with Crippen molar-refractivity contribution in [3.8, 4) is 0 Å². The molecule has 2 atom stereocenters. The zero-order chi connectivity index (χ0) is 18.4. The fourth-order valence-corrected chi connectivity index (χ4v) is 3.63. The van der Waals surface area contributed by atoms with Crippen molar-refractivity contribution in [2.75, 3.05) is 32.7 Å². The van der Waals surface area contributed by atoms with E-state index in [9.17, 15) is 14.7 Å². The molecule has 1 heterocycles. The monoisotopic (exact) mass is 353 g/mol. The standard InChI is InChI=1S/C21H26N2O3/c24-20(18-10-4-5-11-19(18)21(25)26)23-15-13-22(14-16-23)12-6-9-17-7-2-1-3-8-17/h1-9,18-19H,10-16H2,(H,25,26)/p-1/b9-6+. The van der Waals surface area contributed by atoms with Crippen LogP contribution in [0.5, 0.6) is 0 Å². The van der Waals surface area contributed by atoms with Crippen LogP contribution < -0.4 is 5.11 Å². The van der Waals surface area contributed by atoms with Gasteiger partial charge < -0.3 is 14.8 Å². The topological polar surface area (TPSA) is 63.7 Å². The van der Waals surface area contributed by atoms with Gasteiger partial charge in [-0.05, 0) is 18.4 Å². The summed E-state index contributed by atoms with van der Waals surface area (Å²) in [6, 6.07) is 10.2. The molecule has 0 N–H and O–H groups in total. The van der Waals surface area contributed by atoms with Crippen LogP contribution in [0.4, 0.5) is 0 Å². The quantitative estimate of drug-likeness (QED) is 0.746. The van der Waals surface area contributed by atoms with E-state index in [0.29, 0.717) is 25.9 Å². The zero-order valence-electron chi connectivity index (χ0n) is 14.9. The van der Waals surface area contributed by atoms with Crippen LogP contribution in [0.2, 0.25) is 0 Å². The number of benzene rings is 1. The summed E-state index contributed by atoms with van der Waals surface area (Å²) in [6.07, 6.45) is 8.88. The van der Waals surface area contributed by atoms with Crippen molar-refractivity contribution >= 4 is 18.0 Å². The van der Waals surface area contributed by atoms with Crippen LogP contribution in [0.15, 0.2) is 48.6 Å². The van der Waals surface area contributed by atoms with Crippen molar-refractivity contribution in [2.24, 2.45) is 11.8 Å². The third kappa shape index (κ3) is 4.61. The summed E-state index contributed by atoms with van der Waals surface area (Å²) in [6.45, 7) is 3.77. The van der Waals surface area contributed by atoms with E-state index in [4.69, 9.17) is 0 Å². The molecule has 0 spiro atoms. The zero-order valence-corrected chi connectivity index (χ0v) is 14.9. The van der Waals surface area contributed by atoms with E-state index in [2.05, 4.69) is 29.2 Å². The molecule has 2 aliphatic rings. The second-order valence-corrected chi connectivity index (χ2v) is 6.91. The molecule has 138 valence electrons. The van der Waals surface area contributed by atoms with Gasteiger partial charge in [-0.3, -0.25) is 9.69 Å². The Bertz CT molecular complexity index is 676. The van der Waals surface area contributed by atoms with Gasteiger partial charge in [-0.15, -0.1) is 0 Å². The van der Waals surface area contributed by atoms with Crippen molar-refractivity contribution in [2.45, 2.75) is 12.8 Å². The summed E-state index contributed by atoms with van der Waals surface area (Å²) in [4.78, 5) is 28.2. The number of carboxylic acids is 1. The molecule has 1 aliphatic carbocycles. The van der Waals surface area contributed by atoms with Crippen LogP contribution in [0.1, 0.15) is 18.4 Å². The maximum Gasteiger partial charge on any atom is 0.226 e. The molecule has 26 heavy (non-hydrogen) atoms. The van der Waals surface area contributed by atoms with Crippen molar-refractivity contribution in [1.82, 2.24) is 9.80 Å². The van der Waals surface area contributed by atoms with Gasteiger partial charge in [0.1, 0.15) is 0 Å². The molecule has 3 rings (SSSR count). The number of allylic oxidation sites excluding steroid dienone is 2. The number of hydrogen-bond acceptors (Lipinski definition) is 4. The van der Waals surface area contributed by atoms with Gasteiger partial charge in [0.2, 0.25) is 5.91 Å². The number of amides is 1. The van der Waals surface area contributed by atoms with Crippen LogP contribution in [0, 0.1) is 11.8 Å². The maximum atomic E-state index is 12.7. The predicted molar refractivity (Wildman–Crippen MR) is 98.9 cm³/mol. The molecule has 1 saturated heterocycles. The van der Waals surface area contributed by atoms with Crippen LogP contribution in [0.3, 0.4) is 0 Å². The minimum Gasteiger partial charge on any atom is -0.550 e. The van der Waals surface area contributed by atoms with E-state index >= 15 is 0 Å². The van der Waals surface area contributed by atoms with Gasteiger partial charge in [-0.25, -0.2) is 0 Å². The molecule has 1 amide bonds. The first kappa shape index (κ1) is 18.4. The lowest BCUT2D eigenvalue weighted by atomic mass is 9.82. The Morgan fingerprint density at radius 3 is 2.31 bits per heavy atom. The van der Waals surface area contributed by atoms with Gasteiger partial charge >= 0.3 is 0 Å². The second kappa shape index (κ2) is 8.81. The van der Waals surface area contributed by atoms with E-state index in [1.807, 2.05) is 35.3 Å². The third-order valence-electron chi connectivity index (χ3n) is 5.21. The van der Waals surface area contributed by atoms with Gasteiger partial charge in [-0.1, -0.05) is 54.6 Å². The fourth-order valence-electron chi connectivity index (χ4n) is 3.63. The van der Waals surface area contributed by atoms with E-state index in [-0.39, 0.29) is 5.91 Å². The van der Waals surface area contributed by atoms with Crippen molar-refractivity contribution in [3.63, 3.8) is 0 Å². The smallest absolute Gasteiger partial charge is 0.226 e. The van der Waals surface area contributed by atoms with Crippen molar-refractivity contribution < 1.29 is 14.7 Å². The lowest BCUT2D eigenvalue weighted by Crippen LogP contribution is -2.52. The molecule has 1 aromatic rings. The largest absolute Gasteiger partial charge is 0.550 e. The molecule has 0 aromatic heterocycles. The van der Waals surface area contributed by atoms with E-state index in [0.717, 1.165) is 19.6 Å². The molecule has 2 unspecified atom stereocenters. The number of piperazine rings is 1. The van der Waals surface area contributed by atoms with Gasteiger partial charge in [0.15, 0.2) is 0 Å². The number of carboxylic acid groups (broad SMARTS) is 1. The van der Waals surface area contributed by atoms with E-state index in [1.165, 1.54) is 5.56 Å². The van der Waals surface area contributed by atoms with Crippen LogP contribution in [-0.4, -0.2) is 54.4 Å². The molecular formula is C21H25N2O3-. The highest BCUT2D eigenvalue weighted by Crippen LogP contribution is 2.27. The third-order valence-corrected chi connectivity index (χ3v) is 5.21. The lowest BCUT2D eigenvalue weighted by molar-refractivity contribution is -0.313. The first-order chi connectivity index (χ1) is 12.6. The average Bonchev–Trinajstić information content (AvgIpc) is 2.69. The summed E-state index contributed by atoms with van der Waals surface area (Å²) in [5.74, 6) is -2.32. The first-order valence-electron chi connectivity index (χ1n) is 9.24. The molecule has 1 aromatic carbocycles. The summed E-state index contributed by atoms with van der Waals surface area (Å²) in [7, 11) is 0. The Labute approximate surface area is 154 Å². The molecule has 0 saturated carbocycles. The number of carbonyl (C=O) groups excluding carboxylic acids is 2.